The molecule has 2 N–H and O–H groups in total. The molecule has 1 aliphatic heterocycles. The average molecular weight is 382 g/mol. The molecule has 4 heterocycles. The second-order valence-electron chi connectivity index (χ2n) is 7.37. The maximum Gasteiger partial charge on any atom is 0.243 e. The molecular formula is C19H26N8O. The van der Waals surface area contributed by atoms with E-state index in [0.29, 0.717) is 5.92 Å². The molecule has 3 aromatic heterocycles. The van der Waals surface area contributed by atoms with Gasteiger partial charge in [0.1, 0.15) is 12.4 Å². The summed E-state index contributed by atoms with van der Waals surface area (Å²) in [4.78, 5) is 18.5. The third kappa shape index (κ3) is 3.45. The number of rotatable bonds is 5. The largest absolute Gasteiger partial charge is 0.373 e. The van der Waals surface area contributed by atoms with Crippen molar-refractivity contribution in [2.45, 2.75) is 25.3 Å². The summed E-state index contributed by atoms with van der Waals surface area (Å²) in [5, 5.41) is 15.5. The Morgan fingerprint density at radius 1 is 1.36 bits per heavy atom. The van der Waals surface area contributed by atoms with Crippen LogP contribution in [0.3, 0.4) is 0 Å². The van der Waals surface area contributed by atoms with Crippen LogP contribution in [0.2, 0.25) is 0 Å². The topological polar surface area (TPSA) is 92.4 Å². The van der Waals surface area contributed by atoms with E-state index in [1.54, 1.807) is 36.1 Å². The molecular weight excluding hydrogens is 356 g/mol. The Labute approximate surface area is 163 Å². The first-order valence-corrected chi connectivity index (χ1v) is 9.57. The molecule has 3 aromatic rings. The Kier molecular flexibility index (Phi) is 4.99. The van der Waals surface area contributed by atoms with Crippen LogP contribution < -0.4 is 10.6 Å². The quantitative estimate of drug-likeness (QED) is 0.689. The second kappa shape index (κ2) is 7.59. The summed E-state index contributed by atoms with van der Waals surface area (Å²) in [6.07, 6.45) is 7.73. The average Bonchev–Trinajstić information content (AvgIpc) is 3.34. The standard InChI is InChI=1S/C19H26N8O/c1-20-17-7-16(13-5-4-6-21-8-13)24-19-15(10-23-27(17)19)14-9-22-26(11-14)12-18(28)25(2)3/h7,9-11,13,20-21H,4-6,8,12H2,1-3H3. The predicted octanol–water partition coefficient (Wildman–Crippen LogP) is 1.19. The van der Waals surface area contributed by atoms with Crippen molar-refractivity contribution < 1.29 is 4.79 Å². The maximum absolute atomic E-state index is 11.9. The van der Waals surface area contributed by atoms with Gasteiger partial charge in [0.2, 0.25) is 5.91 Å². The SMILES string of the molecule is CNc1cc(C2CCCNC2)nc2c(-c3cnn(CC(=O)N(C)C)c3)cnn12. The molecule has 1 atom stereocenters. The molecule has 0 spiro atoms. The third-order valence-corrected chi connectivity index (χ3v) is 5.20. The fourth-order valence-electron chi connectivity index (χ4n) is 3.55. The Hall–Kier alpha value is -2.94. The summed E-state index contributed by atoms with van der Waals surface area (Å²) in [6.45, 7) is 2.22. The fraction of sp³-hybridized carbons (Fsp3) is 0.474. The second-order valence-corrected chi connectivity index (χ2v) is 7.37. The molecule has 1 amide bonds. The van der Waals surface area contributed by atoms with Gasteiger partial charge in [-0.05, 0) is 19.4 Å². The van der Waals surface area contributed by atoms with E-state index in [-0.39, 0.29) is 12.5 Å². The van der Waals surface area contributed by atoms with Gasteiger partial charge in [-0.2, -0.15) is 14.7 Å². The summed E-state index contributed by atoms with van der Waals surface area (Å²) in [5.41, 5.74) is 3.67. The number of amides is 1. The molecule has 0 aromatic carbocycles. The van der Waals surface area contributed by atoms with E-state index in [1.165, 1.54) is 0 Å². The highest BCUT2D eigenvalue weighted by atomic mass is 16.2. The number of aromatic nitrogens is 5. The van der Waals surface area contributed by atoms with Gasteiger partial charge in [-0.15, -0.1) is 0 Å². The van der Waals surface area contributed by atoms with Crippen molar-refractivity contribution in [2.75, 3.05) is 39.5 Å². The third-order valence-electron chi connectivity index (χ3n) is 5.20. The molecule has 1 fully saturated rings. The number of hydrogen-bond donors (Lipinski definition) is 2. The normalized spacial score (nSPS) is 17.0. The lowest BCUT2D eigenvalue weighted by Gasteiger charge is -2.23. The number of hydrogen-bond acceptors (Lipinski definition) is 6. The zero-order valence-corrected chi connectivity index (χ0v) is 16.5. The van der Waals surface area contributed by atoms with Crippen molar-refractivity contribution in [1.29, 1.82) is 0 Å². The number of likely N-dealkylation sites (N-methyl/N-ethyl adjacent to an activating group) is 1. The highest BCUT2D eigenvalue weighted by Gasteiger charge is 2.21. The molecule has 9 nitrogen and oxygen atoms in total. The Balaban J connectivity index is 1.71. The van der Waals surface area contributed by atoms with Crippen LogP contribution in [0.25, 0.3) is 16.8 Å². The molecule has 0 saturated carbocycles. The minimum Gasteiger partial charge on any atom is -0.373 e. The lowest BCUT2D eigenvalue weighted by atomic mass is 9.96. The van der Waals surface area contributed by atoms with Crippen LogP contribution in [0.5, 0.6) is 0 Å². The van der Waals surface area contributed by atoms with Crippen molar-refractivity contribution in [3.63, 3.8) is 0 Å². The van der Waals surface area contributed by atoms with Crippen molar-refractivity contribution in [1.82, 2.24) is 34.6 Å². The molecule has 1 saturated heterocycles. The minimum atomic E-state index is -0.00260. The number of anilines is 1. The molecule has 0 bridgehead atoms. The summed E-state index contributed by atoms with van der Waals surface area (Å²) < 4.78 is 3.46. The van der Waals surface area contributed by atoms with Gasteiger partial charge in [0.15, 0.2) is 5.65 Å². The van der Waals surface area contributed by atoms with Crippen molar-refractivity contribution in [2.24, 2.45) is 0 Å². The summed E-state index contributed by atoms with van der Waals surface area (Å²) in [6, 6.07) is 2.08. The van der Waals surface area contributed by atoms with Crippen LogP contribution in [-0.4, -0.2) is 69.4 Å². The van der Waals surface area contributed by atoms with Crippen LogP contribution in [-0.2, 0) is 11.3 Å². The number of fused-ring (bicyclic) bond motifs is 1. The molecule has 1 aliphatic rings. The molecule has 28 heavy (non-hydrogen) atoms. The molecule has 0 radical (unpaired) electrons. The number of piperidine rings is 1. The summed E-state index contributed by atoms with van der Waals surface area (Å²) in [7, 11) is 5.37. The fourth-order valence-corrected chi connectivity index (χ4v) is 3.55. The van der Waals surface area contributed by atoms with Gasteiger partial charge in [-0.25, -0.2) is 4.98 Å². The number of carbonyl (C=O) groups is 1. The molecule has 4 rings (SSSR count). The van der Waals surface area contributed by atoms with Gasteiger partial charge in [0.25, 0.3) is 0 Å². The molecule has 9 heteroatoms. The Morgan fingerprint density at radius 2 is 2.21 bits per heavy atom. The maximum atomic E-state index is 11.9. The van der Waals surface area contributed by atoms with Crippen LogP contribution in [0, 0.1) is 0 Å². The van der Waals surface area contributed by atoms with E-state index in [2.05, 4.69) is 26.9 Å². The van der Waals surface area contributed by atoms with Gasteiger partial charge < -0.3 is 15.5 Å². The Morgan fingerprint density at radius 3 is 2.93 bits per heavy atom. The highest BCUT2D eigenvalue weighted by molar-refractivity contribution is 5.78. The first kappa shape index (κ1) is 18.4. The van der Waals surface area contributed by atoms with E-state index >= 15 is 0 Å². The van der Waals surface area contributed by atoms with E-state index in [9.17, 15) is 4.79 Å². The van der Waals surface area contributed by atoms with Crippen molar-refractivity contribution in [3.05, 3.63) is 30.4 Å². The van der Waals surface area contributed by atoms with Gasteiger partial charge in [0, 0.05) is 57.0 Å². The first-order chi connectivity index (χ1) is 13.6. The van der Waals surface area contributed by atoms with E-state index in [4.69, 9.17) is 4.98 Å². The number of nitrogens with one attached hydrogen (secondary N) is 2. The Bertz CT molecular complexity index is 983. The van der Waals surface area contributed by atoms with Crippen LogP contribution in [0.4, 0.5) is 5.82 Å². The lowest BCUT2D eigenvalue weighted by Crippen LogP contribution is -2.29. The van der Waals surface area contributed by atoms with E-state index in [1.807, 2.05) is 17.8 Å². The lowest BCUT2D eigenvalue weighted by molar-refractivity contribution is -0.129. The van der Waals surface area contributed by atoms with E-state index < -0.39 is 0 Å². The monoisotopic (exact) mass is 382 g/mol. The minimum absolute atomic E-state index is 0.00260. The van der Waals surface area contributed by atoms with E-state index in [0.717, 1.165) is 54.2 Å². The van der Waals surface area contributed by atoms with Gasteiger partial charge in [-0.3, -0.25) is 9.48 Å². The number of nitrogens with zero attached hydrogens (tertiary/aromatic N) is 6. The number of carbonyl (C=O) groups excluding carboxylic acids is 1. The molecule has 1 unspecified atom stereocenters. The molecule has 148 valence electrons. The van der Waals surface area contributed by atoms with Gasteiger partial charge >= 0.3 is 0 Å². The first-order valence-electron chi connectivity index (χ1n) is 9.57. The van der Waals surface area contributed by atoms with Gasteiger partial charge in [0.05, 0.1) is 18.1 Å². The zero-order chi connectivity index (χ0) is 19.7. The highest BCUT2D eigenvalue weighted by Crippen LogP contribution is 2.29. The van der Waals surface area contributed by atoms with Crippen molar-refractivity contribution >= 4 is 17.4 Å². The van der Waals surface area contributed by atoms with Crippen LogP contribution in [0.1, 0.15) is 24.5 Å². The zero-order valence-electron chi connectivity index (χ0n) is 16.5. The summed E-state index contributed by atoms with van der Waals surface area (Å²) >= 11 is 0. The predicted molar refractivity (Wildman–Crippen MR) is 107 cm³/mol. The van der Waals surface area contributed by atoms with Crippen molar-refractivity contribution in [3.8, 4) is 11.1 Å². The molecule has 0 aliphatic carbocycles. The van der Waals surface area contributed by atoms with Crippen LogP contribution >= 0.6 is 0 Å². The van der Waals surface area contributed by atoms with Crippen LogP contribution in [0.15, 0.2) is 24.7 Å². The summed E-state index contributed by atoms with van der Waals surface area (Å²) in [5.74, 6) is 1.30. The smallest absolute Gasteiger partial charge is 0.243 e. The van der Waals surface area contributed by atoms with Gasteiger partial charge in [-0.1, -0.05) is 0 Å².